The van der Waals surface area contributed by atoms with Gasteiger partial charge in [-0.1, -0.05) is 12.1 Å². The SMILES string of the molecule is CCOC(=O)CCCN(C(=O)OC(C)C)c1cccc(C)c1C(=O)O. The van der Waals surface area contributed by atoms with Gasteiger partial charge >= 0.3 is 18.0 Å². The highest BCUT2D eigenvalue weighted by atomic mass is 16.6. The number of carbonyl (C=O) groups is 3. The van der Waals surface area contributed by atoms with Crippen LogP contribution in [-0.2, 0) is 14.3 Å². The van der Waals surface area contributed by atoms with Crippen LogP contribution in [-0.4, -0.2) is 42.4 Å². The summed E-state index contributed by atoms with van der Waals surface area (Å²) in [5.74, 6) is -1.48. The van der Waals surface area contributed by atoms with Gasteiger partial charge in [0.05, 0.1) is 24.0 Å². The van der Waals surface area contributed by atoms with Gasteiger partial charge in [-0.05, 0) is 45.7 Å². The molecule has 7 nitrogen and oxygen atoms in total. The molecule has 0 aliphatic carbocycles. The zero-order valence-corrected chi connectivity index (χ0v) is 15.1. The third-order valence-electron chi connectivity index (χ3n) is 3.38. The number of carboxylic acid groups (broad SMARTS) is 1. The highest BCUT2D eigenvalue weighted by Gasteiger charge is 2.24. The molecular formula is C18H25NO6. The zero-order valence-electron chi connectivity index (χ0n) is 15.1. The number of aromatic carboxylic acids is 1. The molecular weight excluding hydrogens is 326 g/mol. The summed E-state index contributed by atoms with van der Waals surface area (Å²) < 4.78 is 10.1. The van der Waals surface area contributed by atoms with Gasteiger partial charge in [0.1, 0.15) is 0 Å². The Morgan fingerprint density at radius 2 is 1.92 bits per heavy atom. The smallest absolute Gasteiger partial charge is 0.414 e. The number of aryl methyl sites for hydroxylation is 1. The van der Waals surface area contributed by atoms with Crippen LogP contribution in [0.15, 0.2) is 18.2 Å². The van der Waals surface area contributed by atoms with E-state index in [2.05, 4.69) is 0 Å². The molecule has 0 radical (unpaired) electrons. The maximum atomic E-state index is 12.4. The number of amides is 1. The minimum absolute atomic E-state index is 0.0411. The Hall–Kier alpha value is -2.57. The fraction of sp³-hybridized carbons (Fsp3) is 0.500. The third kappa shape index (κ3) is 6.10. The molecule has 7 heteroatoms. The highest BCUT2D eigenvalue weighted by Crippen LogP contribution is 2.25. The Kier molecular flexibility index (Phi) is 7.91. The summed E-state index contributed by atoms with van der Waals surface area (Å²) in [6, 6.07) is 4.90. The van der Waals surface area contributed by atoms with Crippen molar-refractivity contribution < 1.29 is 29.0 Å². The van der Waals surface area contributed by atoms with Crippen molar-refractivity contribution in [1.29, 1.82) is 0 Å². The summed E-state index contributed by atoms with van der Waals surface area (Å²) in [4.78, 5) is 36.8. The molecule has 138 valence electrons. The molecule has 0 saturated carbocycles. The fourth-order valence-corrected chi connectivity index (χ4v) is 2.35. The summed E-state index contributed by atoms with van der Waals surface area (Å²) in [6.07, 6.45) is -0.530. The third-order valence-corrected chi connectivity index (χ3v) is 3.38. The van der Waals surface area contributed by atoms with Crippen LogP contribution in [0.1, 0.15) is 49.5 Å². The summed E-state index contributed by atoms with van der Waals surface area (Å²) in [6.45, 7) is 7.24. The number of carboxylic acids is 1. The van der Waals surface area contributed by atoms with Gasteiger partial charge in [-0.15, -0.1) is 0 Å². The molecule has 0 aliphatic rings. The molecule has 0 aromatic heterocycles. The zero-order chi connectivity index (χ0) is 19.0. The molecule has 1 N–H and O–H groups in total. The second-order valence-electron chi connectivity index (χ2n) is 5.77. The number of ether oxygens (including phenoxy) is 2. The van der Waals surface area contributed by atoms with Crippen LogP contribution in [0.4, 0.5) is 10.5 Å². The van der Waals surface area contributed by atoms with Gasteiger partial charge in [0.15, 0.2) is 0 Å². The van der Waals surface area contributed by atoms with E-state index in [1.165, 1.54) is 4.90 Å². The van der Waals surface area contributed by atoms with Crippen molar-refractivity contribution in [2.75, 3.05) is 18.1 Å². The first-order valence-electron chi connectivity index (χ1n) is 8.24. The monoisotopic (exact) mass is 351 g/mol. The average Bonchev–Trinajstić information content (AvgIpc) is 2.50. The van der Waals surface area contributed by atoms with Crippen molar-refractivity contribution >= 4 is 23.7 Å². The first kappa shape index (κ1) is 20.5. The predicted molar refractivity (Wildman–Crippen MR) is 93.0 cm³/mol. The Morgan fingerprint density at radius 1 is 1.24 bits per heavy atom. The van der Waals surface area contributed by atoms with E-state index in [9.17, 15) is 19.5 Å². The lowest BCUT2D eigenvalue weighted by Gasteiger charge is -2.25. The van der Waals surface area contributed by atoms with Crippen LogP contribution in [0.5, 0.6) is 0 Å². The van der Waals surface area contributed by atoms with Crippen molar-refractivity contribution in [3.8, 4) is 0 Å². The van der Waals surface area contributed by atoms with Crippen LogP contribution < -0.4 is 4.90 Å². The molecule has 25 heavy (non-hydrogen) atoms. The number of hydrogen-bond donors (Lipinski definition) is 1. The average molecular weight is 351 g/mol. The van der Waals surface area contributed by atoms with Gasteiger partial charge in [-0.2, -0.15) is 0 Å². The van der Waals surface area contributed by atoms with E-state index in [0.29, 0.717) is 18.6 Å². The summed E-state index contributed by atoms with van der Waals surface area (Å²) in [5, 5.41) is 9.49. The normalized spacial score (nSPS) is 10.4. The largest absolute Gasteiger partial charge is 0.478 e. The van der Waals surface area contributed by atoms with Gasteiger partial charge in [0.25, 0.3) is 0 Å². The lowest BCUT2D eigenvalue weighted by Crippen LogP contribution is -2.35. The number of nitrogens with zero attached hydrogens (tertiary/aromatic N) is 1. The summed E-state index contributed by atoms with van der Waals surface area (Å²) >= 11 is 0. The Morgan fingerprint density at radius 3 is 2.48 bits per heavy atom. The highest BCUT2D eigenvalue weighted by molar-refractivity contribution is 6.01. The Balaban J connectivity index is 3.07. The van der Waals surface area contributed by atoms with Crippen molar-refractivity contribution in [1.82, 2.24) is 0 Å². The molecule has 0 aliphatic heterocycles. The van der Waals surface area contributed by atoms with Crippen LogP contribution in [0.25, 0.3) is 0 Å². The molecule has 1 aromatic carbocycles. The van der Waals surface area contributed by atoms with Gasteiger partial charge < -0.3 is 14.6 Å². The number of esters is 1. The van der Waals surface area contributed by atoms with E-state index in [-0.39, 0.29) is 36.3 Å². The van der Waals surface area contributed by atoms with Crippen LogP contribution in [0.3, 0.4) is 0 Å². The fourth-order valence-electron chi connectivity index (χ4n) is 2.35. The molecule has 0 spiro atoms. The van der Waals surface area contributed by atoms with E-state index in [4.69, 9.17) is 9.47 Å². The molecule has 0 atom stereocenters. The molecule has 1 amide bonds. The van der Waals surface area contributed by atoms with E-state index in [1.807, 2.05) is 0 Å². The van der Waals surface area contributed by atoms with Gasteiger partial charge in [0, 0.05) is 13.0 Å². The number of hydrogen-bond acceptors (Lipinski definition) is 5. The predicted octanol–water partition coefficient (Wildman–Crippen LogP) is 3.39. The number of anilines is 1. The quantitative estimate of drug-likeness (QED) is 0.722. The second-order valence-corrected chi connectivity index (χ2v) is 5.77. The van der Waals surface area contributed by atoms with Crippen molar-refractivity contribution in [3.05, 3.63) is 29.3 Å². The van der Waals surface area contributed by atoms with E-state index < -0.39 is 12.1 Å². The molecule has 0 saturated heterocycles. The lowest BCUT2D eigenvalue weighted by atomic mass is 10.1. The summed E-state index contributed by atoms with van der Waals surface area (Å²) in [7, 11) is 0. The maximum Gasteiger partial charge on any atom is 0.414 e. The van der Waals surface area contributed by atoms with Crippen molar-refractivity contribution in [2.45, 2.75) is 46.6 Å². The minimum Gasteiger partial charge on any atom is -0.478 e. The van der Waals surface area contributed by atoms with Gasteiger partial charge in [0.2, 0.25) is 0 Å². The standard InChI is InChI=1S/C18H25NO6/c1-5-24-15(20)10-7-11-19(18(23)25-12(2)3)14-9-6-8-13(4)16(14)17(21)22/h6,8-9,12H,5,7,10-11H2,1-4H3,(H,21,22). The molecule has 1 rings (SSSR count). The molecule has 0 bridgehead atoms. The topological polar surface area (TPSA) is 93.1 Å². The summed E-state index contributed by atoms with van der Waals surface area (Å²) in [5.41, 5.74) is 0.832. The molecule has 0 fully saturated rings. The first-order valence-corrected chi connectivity index (χ1v) is 8.24. The van der Waals surface area contributed by atoms with Gasteiger partial charge in [-0.3, -0.25) is 9.69 Å². The Bertz CT molecular complexity index is 626. The maximum absolute atomic E-state index is 12.4. The molecule has 0 heterocycles. The van der Waals surface area contributed by atoms with E-state index in [1.54, 1.807) is 45.9 Å². The number of benzene rings is 1. The second kappa shape index (κ2) is 9.66. The molecule has 1 aromatic rings. The van der Waals surface area contributed by atoms with Crippen LogP contribution in [0.2, 0.25) is 0 Å². The van der Waals surface area contributed by atoms with Crippen molar-refractivity contribution in [2.24, 2.45) is 0 Å². The Labute approximate surface area is 147 Å². The first-order chi connectivity index (χ1) is 11.8. The molecule has 0 unspecified atom stereocenters. The number of carbonyl (C=O) groups excluding carboxylic acids is 2. The minimum atomic E-state index is -1.12. The number of rotatable bonds is 8. The van der Waals surface area contributed by atoms with Crippen LogP contribution >= 0.6 is 0 Å². The van der Waals surface area contributed by atoms with E-state index >= 15 is 0 Å². The van der Waals surface area contributed by atoms with Crippen molar-refractivity contribution in [3.63, 3.8) is 0 Å². The van der Waals surface area contributed by atoms with Gasteiger partial charge in [-0.25, -0.2) is 9.59 Å². The van der Waals surface area contributed by atoms with E-state index in [0.717, 1.165) is 0 Å². The van der Waals surface area contributed by atoms with Crippen LogP contribution in [0, 0.1) is 6.92 Å². The lowest BCUT2D eigenvalue weighted by molar-refractivity contribution is -0.143.